The number of rotatable bonds is 3. The number of halogens is 1. The molecular formula is C17H20ClN3O2. The second-order valence-corrected chi connectivity index (χ2v) is 6.27. The van der Waals surface area contributed by atoms with Crippen LogP contribution in [0.1, 0.15) is 30.1 Å². The van der Waals surface area contributed by atoms with Crippen LogP contribution in [0.25, 0.3) is 0 Å². The Labute approximate surface area is 140 Å². The number of aryl methyl sites for hydroxylation is 2. The number of nitrogens with zero attached hydrogens (tertiary/aromatic N) is 2. The number of hydrogen-bond donors (Lipinski definition) is 1. The average molecular weight is 334 g/mol. The molecule has 1 fully saturated rings. The predicted octanol–water partition coefficient (Wildman–Crippen LogP) is 3.07. The first kappa shape index (κ1) is 16.0. The molecular weight excluding hydrogens is 314 g/mol. The van der Waals surface area contributed by atoms with Crippen molar-refractivity contribution in [2.45, 2.75) is 31.9 Å². The molecule has 0 radical (unpaired) electrons. The van der Waals surface area contributed by atoms with Gasteiger partial charge in [0.15, 0.2) is 0 Å². The zero-order valence-corrected chi connectivity index (χ0v) is 14.0. The number of anilines is 1. The molecule has 122 valence electrons. The summed E-state index contributed by atoms with van der Waals surface area (Å²) < 4.78 is 7.20. The molecule has 1 aliphatic rings. The molecule has 0 spiro atoms. The lowest BCUT2D eigenvalue weighted by Gasteiger charge is -2.33. The van der Waals surface area contributed by atoms with E-state index in [1.54, 1.807) is 13.2 Å². The Morgan fingerprint density at radius 2 is 2.09 bits per heavy atom. The zero-order chi connectivity index (χ0) is 16.4. The maximum Gasteiger partial charge on any atom is 0.287 e. The van der Waals surface area contributed by atoms with E-state index in [2.05, 4.69) is 41.6 Å². The Morgan fingerprint density at radius 3 is 2.83 bits per heavy atom. The number of aromatic nitrogens is 2. The van der Waals surface area contributed by atoms with Crippen molar-refractivity contribution in [3.05, 3.63) is 57.0 Å². The lowest BCUT2D eigenvalue weighted by molar-refractivity contribution is 0.00564. The van der Waals surface area contributed by atoms with Gasteiger partial charge in [-0.1, -0.05) is 41.4 Å². The quantitative estimate of drug-likeness (QED) is 0.937. The van der Waals surface area contributed by atoms with Gasteiger partial charge in [-0.05, 0) is 25.3 Å². The monoisotopic (exact) mass is 333 g/mol. The summed E-state index contributed by atoms with van der Waals surface area (Å²) in [4.78, 5) is 11.9. The zero-order valence-electron chi connectivity index (χ0n) is 13.3. The maximum absolute atomic E-state index is 11.9. The van der Waals surface area contributed by atoms with Crippen LogP contribution in [0.3, 0.4) is 0 Å². The summed E-state index contributed by atoms with van der Waals surface area (Å²) in [5.74, 6) is 0. The first-order valence-electron chi connectivity index (χ1n) is 7.73. The SMILES string of the molecule is Cc1ccc(C2OCCCC2Nc2cnn(C)c(=O)c2Cl)cc1. The summed E-state index contributed by atoms with van der Waals surface area (Å²) in [6.07, 6.45) is 3.44. The molecule has 6 heteroatoms. The first-order valence-corrected chi connectivity index (χ1v) is 8.10. The van der Waals surface area contributed by atoms with E-state index in [9.17, 15) is 4.79 Å². The van der Waals surface area contributed by atoms with Gasteiger partial charge >= 0.3 is 0 Å². The summed E-state index contributed by atoms with van der Waals surface area (Å²) in [7, 11) is 1.58. The molecule has 1 aliphatic heterocycles. The third-order valence-corrected chi connectivity index (χ3v) is 4.51. The number of nitrogens with one attached hydrogen (secondary N) is 1. The van der Waals surface area contributed by atoms with Crippen molar-refractivity contribution in [3.8, 4) is 0 Å². The minimum atomic E-state index is -0.305. The van der Waals surface area contributed by atoms with Crippen LogP contribution >= 0.6 is 11.6 Å². The Bertz CT molecular complexity index is 742. The van der Waals surface area contributed by atoms with E-state index in [4.69, 9.17) is 16.3 Å². The summed E-state index contributed by atoms with van der Waals surface area (Å²) >= 11 is 6.16. The summed E-state index contributed by atoms with van der Waals surface area (Å²) in [5.41, 5.74) is 2.59. The molecule has 23 heavy (non-hydrogen) atoms. The third kappa shape index (κ3) is 3.41. The van der Waals surface area contributed by atoms with Gasteiger partial charge in [-0.15, -0.1) is 0 Å². The van der Waals surface area contributed by atoms with E-state index in [-0.39, 0.29) is 22.7 Å². The van der Waals surface area contributed by atoms with Gasteiger partial charge in [0.05, 0.1) is 17.9 Å². The molecule has 0 saturated carbocycles. The van der Waals surface area contributed by atoms with Crippen molar-refractivity contribution in [2.75, 3.05) is 11.9 Å². The highest BCUT2D eigenvalue weighted by Crippen LogP contribution is 2.31. The van der Waals surface area contributed by atoms with Crippen molar-refractivity contribution in [1.29, 1.82) is 0 Å². The van der Waals surface area contributed by atoms with E-state index < -0.39 is 0 Å². The molecule has 5 nitrogen and oxygen atoms in total. The summed E-state index contributed by atoms with van der Waals surface area (Å²) in [5, 5.41) is 7.54. The molecule has 1 aromatic heterocycles. The van der Waals surface area contributed by atoms with Crippen LogP contribution in [0.4, 0.5) is 5.69 Å². The molecule has 0 bridgehead atoms. The highest BCUT2D eigenvalue weighted by molar-refractivity contribution is 6.32. The molecule has 1 N–H and O–H groups in total. The Morgan fingerprint density at radius 1 is 1.35 bits per heavy atom. The lowest BCUT2D eigenvalue weighted by atomic mass is 9.95. The van der Waals surface area contributed by atoms with Crippen molar-refractivity contribution >= 4 is 17.3 Å². The number of hydrogen-bond acceptors (Lipinski definition) is 4. The number of ether oxygens (including phenoxy) is 1. The van der Waals surface area contributed by atoms with Gasteiger partial charge in [0.2, 0.25) is 0 Å². The minimum absolute atomic E-state index is 0.0536. The van der Waals surface area contributed by atoms with Crippen molar-refractivity contribution in [2.24, 2.45) is 7.05 Å². The highest BCUT2D eigenvalue weighted by atomic mass is 35.5. The van der Waals surface area contributed by atoms with Crippen molar-refractivity contribution in [1.82, 2.24) is 9.78 Å². The fourth-order valence-electron chi connectivity index (χ4n) is 2.82. The standard InChI is InChI=1S/C17H20ClN3O2/c1-11-5-7-12(8-6-11)16-13(4-3-9-23-16)20-14-10-19-21(2)17(22)15(14)18/h5-8,10,13,16,20H,3-4,9H2,1-2H3. The normalized spacial score (nSPS) is 21.2. The van der Waals surface area contributed by atoms with Gasteiger partial charge in [0, 0.05) is 13.7 Å². The third-order valence-electron chi connectivity index (χ3n) is 4.15. The molecule has 2 unspecified atom stereocenters. The highest BCUT2D eigenvalue weighted by Gasteiger charge is 2.28. The van der Waals surface area contributed by atoms with Crippen molar-refractivity contribution in [3.63, 3.8) is 0 Å². The Kier molecular flexibility index (Phi) is 4.68. The minimum Gasteiger partial charge on any atom is -0.377 e. The lowest BCUT2D eigenvalue weighted by Crippen LogP contribution is -2.34. The van der Waals surface area contributed by atoms with Crippen LogP contribution in [-0.2, 0) is 11.8 Å². The van der Waals surface area contributed by atoms with Crippen LogP contribution in [0.2, 0.25) is 5.02 Å². The van der Waals surface area contributed by atoms with E-state index in [0.29, 0.717) is 5.69 Å². The van der Waals surface area contributed by atoms with E-state index in [1.807, 2.05) is 0 Å². The van der Waals surface area contributed by atoms with Gasteiger partial charge in [0.1, 0.15) is 11.1 Å². The largest absolute Gasteiger partial charge is 0.377 e. The Hall–Kier alpha value is -1.85. The van der Waals surface area contributed by atoms with Crippen LogP contribution < -0.4 is 10.9 Å². The van der Waals surface area contributed by atoms with Crippen LogP contribution in [0.15, 0.2) is 35.3 Å². The fourth-order valence-corrected chi connectivity index (χ4v) is 3.05. The second kappa shape index (κ2) is 6.72. The topological polar surface area (TPSA) is 56.1 Å². The average Bonchev–Trinajstić information content (AvgIpc) is 2.57. The van der Waals surface area contributed by atoms with Gasteiger partial charge in [-0.25, -0.2) is 4.68 Å². The summed E-state index contributed by atoms with van der Waals surface area (Å²) in [6, 6.07) is 8.39. The van der Waals surface area contributed by atoms with Gasteiger partial charge < -0.3 is 10.1 Å². The molecule has 2 heterocycles. The van der Waals surface area contributed by atoms with Gasteiger partial charge in [-0.2, -0.15) is 5.10 Å². The molecule has 0 aliphatic carbocycles. The van der Waals surface area contributed by atoms with Gasteiger partial charge in [-0.3, -0.25) is 4.79 Å². The van der Waals surface area contributed by atoms with E-state index >= 15 is 0 Å². The van der Waals surface area contributed by atoms with Crippen molar-refractivity contribution < 1.29 is 4.74 Å². The smallest absolute Gasteiger partial charge is 0.287 e. The maximum atomic E-state index is 11.9. The van der Waals surface area contributed by atoms with Crippen LogP contribution in [0.5, 0.6) is 0 Å². The number of benzene rings is 1. The Balaban J connectivity index is 1.86. The van der Waals surface area contributed by atoms with Crippen LogP contribution in [-0.4, -0.2) is 22.4 Å². The molecule has 2 atom stereocenters. The fraction of sp³-hybridized carbons (Fsp3) is 0.412. The molecule has 3 rings (SSSR count). The van der Waals surface area contributed by atoms with E-state index in [1.165, 1.54) is 10.2 Å². The molecule has 1 saturated heterocycles. The molecule has 2 aromatic rings. The predicted molar refractivity (Wildman–Crippen MR) is 91.0 cm³/mol. The molecule has 1 aromatic carbocycles. The van der Waals surface area contributed by atoms with Gasteiger partial charge in [0.25, 0.3) is 5.56 Å². The second-order valence-electron chi connectivity index (χ2n) is 5.90. The first-order chi connectivity index (χ1) is 11.1. The summed E-state index contributed by atoms with van der Waals surface area (Å²) in [6.45, 7) is 2.80. The van der Waals surface area contributed by atoms with Crippen LogP contribution in [0, 0.1) is 6.92 Å². The van der Waals surface area contributed by atoms with E-state index in [0.717, 1.165) is 25.0 Å². The molecule has 0 amide bonds.